The molecule has 0 fully saturated rings. The van der Waals surface area contributed by atoms with Gasteiger partial charge in [-0.05, 0) is 43.5 Å². The lowest BCUT2D eigenvalue weighted by Gasteiger charge is -2.14. The number of nitrogens with one attached hydrogen (secondary N) is 1. The van der Waals surface area contributed by atoms with Gasteiger partial charge in [-0.15, -0.1) is 0 Å². The molecule has 0 saturated heterocycles. The number of halogens is 1. The SMILES string of the molecule is CCCNCCC(C)c1ccc(OC)cc1F. The Morgan fingerprint density at radius 3 is 2.71 bits per heavy atom. The average Bonchev–Trinajstić information content (AvgIpc) is 2.34. The average molecular weight is 239 g/mol. The summed E-state index contributed by atoms with van der Waals surface area (Å²) in [5.41, 5.74) is 0.768. The first-order valence-electron chi connectivity index (χ1n) is 6.23. The third-order valence-electron chi connectivity index (χ3n) is 2.92. The van der Waals surface area contributed by atoms with E-state index in [0.717, 1.165) is 31.5 Å². The van der Waals surface area contributed by atoms with Crippen molar-refractivity contribution < 1.29 is 9.13 Å². The van der Waals surface area contributed by atoms with Gasteiger partial charge in [-0.1, -0.05) is 19.9 Å². The van der Waals surface area contributed by atoms with Crippen LogP contribution in [0.5, 0.6) is 5.75 Å². The molecule has 1 rings (SSSR count). The molecular formula is C14H22FNO. The first-order chi connectivity index (χ1) is 8.19. The Labute approximate surface area is 103 Å². The lowest BCUT2D eigenvalue weighted by molar-refractivity contribution is 0.410. The molecule has 0 heterocycles. The van der Waals surface area contributed by atoms with Crippen molar-refractivity contribution in [1.82, 2.24) is 5.32 Å². The molecule has 0 aromatic heterocycles. The number of rotatable bonds is 7. The minimum Gasteiger partial charge on any atom is -0.497 e. The molecule has 1 unspecified atom stereocenters. The van der Waals surface area contributed by atoms with Crippen LogP contribution in [-0.4, -0.2) is 20.2 Å². The maximum Gasteiger partial charge on any atom is 0.130 e. The summed E-state index contributed by atoms with van der Waals surface area (Å²) in [4.78, 5) is 0. The van der Waals surface area contributed by atoms with E-state index < -0.39 is 0 Å². The van der Waals surface area contributed by atoms with E-state index in [2.05, 4.69) is 19.2 Å². The molecule has 96 valence electrons. The summed E-state index contributed by atoms with van der Waals surface area (Å²) in [7, 11) is 1.55. The topological polar surface area (TPSA) is 21.3 Å². The Kier molecular flexibility index (Phi) is 5.98. The van der Waals surface area contributed by atoms with E-state index in [4.69, 9.17) is 4.74 Å². The summed E-state index contributed by atoms with van der Waals surface area (Å²) in [5, 5.41) is 3.33. The third-order valence-corrected chi connectivity index (χ3v) is 2.92. The molecule has 0 aliphatic carbocycles. The lowest BCUT2D eigenvalue weighted by Crippen LogP contribution is -2.17. The van der Waals surface area contributed by atoms with Crippen molar-refractivity contribution in [2.75, 3.05) is 20.2 Å². The highest BCUT2D eigenvalue weighted by Gasteiger charge is 2.11. The summed E-state index contributed by atoms with van der Waals surface area (Å²) < 4.78 is 18.8. The van der Waals surface area contributed by atoms with Gasteiger partial charge in [-0.25, -0.2) is 4.39 Å². The van der Waals surface area contributed by atoms with E-state index >= 15 is 0 Å². The number of methoxy groups -OCH3 is 1. The molecule has 0 aliphatic heterocycles. The molecule has 2 nitrogen and oxygen atoms in total. The normalized spacial score (nSPS) is 12.5. The van der Waals surface area contributed by atoms with Crippen molar-refractivity contribution in [2.24, 2.45) is 0 Å². The quantitative estimate of drug-likeness (QED) is 0.737. The minimum absolute atomic E-state index is 0.174. The van der Waals surface area contributed by atoms with E-state index in [0.29, 0.717) is 5.75 Å². The number of benzene rings is 1. The van der Waals surface area contributed by atoms with Gasteiger partial charge in [0.2, 0.25) is 0 Å². The monoisotopic (exact) mass is 239 g/mol. The van der Waals surface area contributed by atoms with E-state index in [-0.39, 0.29) is 11.7 Å². The van der Waals surface area contributed by atoms with Crippen LogP contribution in [0.4, 0.5) is 4.39 Å². The van der Waals surface area contributed by atoms with Gasteiger partial charge in [0, 0.05) is 6.07 Å². The van der Waals surface area contributed by atoms with Gasteiger partial charge in [0.15, 0.2) is 0 Å². The highest BCUT2D eigenvalue weighted by Crippen LogP contribution is 2.24. The Morgan fingerprint density at radius 2 is 2.12 bits per heavy atom. The molecule has 0 amide bonds. The lowest BCUT2D eigenvalue weighted by atomic mass is 9.97. The Morgan fingerprint density at radius 1 is 1.35 bits per heavy atom. The van der Waals surface area contributed by atoms with Crippen LogP contribution in [0, 0.1) is 5.82 Å². The van der Waals surface area contributed by atoms with Crippen LogP contribution in [0.3, 0.4) is 0 Å². The largest absolute Gasteiger partial charge is 0.497 e. The zero-order valence-corrected chi connectivity index (χ0v) is 10.9. The van der Waals surface area contributed by atoms with Crippen molar-refractivity contribution in [3.63, 3.8) is 0 Å². The van der Waals surface area contributed by atoms with Gasteiger partial charge in [-0.2, -0.15) is 0 Å². The summed E-state index contributed by atoms with van der Waals surface area (Å²) in [6.07, 6.45) is 2.08. The molecular weight excluding hydrogens is 217 g/mol. The Hall–Kier alpha value is -1.09. The standard InChI is InChI=1S/C14H22FNO/c1-4-8-16-9-7-11(2)13-6-5-12(17-3)10-14(13)15/h5-6,10-11,16H,4,7-9H2,1-3H3. The fourth-order valence-electron chi connectivity index (χ4n) is 1.81. The predicted molar refractivity (Wildman–Crippen MR) is 69.1 cm³/mol. The number of hydrogen-bond donors (Lipinski definition) is 1. The second-order valence-electron chi connectivity index (χ2n) is 4.33. The summed E-state index contributed by atoms with van der Waals surface area (Å²) in [6.45, 7) is 6.15. The van der Waals surface area contributed by atoms with Crippen molar-refractivity contribution >= 4 is 0 Å². The van der Waals surface area contributed by atoms with Gasteiger partial charge in [-0.3, -0.25) is 0 Å². The van der Waals surface area contributed by atoms with Crippen LogP contribution in [0.2, 0.25) is 0 Å². The van der Waals surface area contributed by atoms with Gasteiger partial charge in [0.1, 0.15) is 11.6 Å². The molecule has 17 heavy (non-hydrogen) atoms. The van der Waals surface area contributed by atoms with E-state index in [1.807, 2.05) is 12.1 Å². The molecule has 1 aromatic rings. The molecule has 0 radical (unpaired) electrons. The Bertz CT molecular complexity index is 341. The molecule has 0 bridgehead atoms. The highest BCUT2D eigenvalue weighted by atomic mass is 19.1. The molecule has 1 aromatic carbocycles. The smallest absolute Gasteiger partial charge is 0.130 e. The van der Waals surface area contributed by atoms with Gasteiger partial charge < -0.3 is 10.1 Å². The zero-order valence-electron chi connectivity index (χ0n) is 10.9. The van der Waals surface area contributed by atoms with Crippen LogP contribution >= 0.6 is 0 Å². The van der Waals surface area contributed by atoms with Crippen LogP contribution in [0.1, 0.15) is 38.2 Å². The van der Waals surface area contributed by atoms with Crippen molar-refractivity contribution in [1.29, 1.82) is 0 Å². The van der Waals surface area contributed by atoms with E-state index in [1.54, 1.807) is 7.11 Å². The van der Waals surface area contributed by atoms with Crippen LogP contribution in [0.25, 0.3) is 0 Å². The number of hydrogen-bond acceptors (Lipinski definition) is 2. The van der Waals surface area contributed by atoms with Crippen molar-refractivity contribution in [3.8, 4) is 5.75 Å². The fraction of sp³-hybridized carbons (Fsp3) is 0.571. The van der Waals surface area contributed by atoms with Crippen molar-refractivity contribution in [2.45, 2.75) is 32.6 Å². The zero-order chi connectivity index (χ0) is 12.7. The molecule has 3 heteroatoms. The van der Waals surface area contributed by atoms with Crippen LogP contribution in [0.15, 0.2) is 18.2 Å². The summed E-state index contributed by atoms with van der Waals surface area (Å²) in [6, 6.07) is 5.08. The molecule has 0 aliphatic rings. The van der Waals surface area contributed by atoms with E-state index in [1.165, 1.54) is 6.07 Å². The summed E-state index contributed by atoms with van der Waals surface area (Å²) in [5.74, 6) is 0.625. The predicted octanol–water partition coefficient (Wildman–Crippen LogP) is 3.33. The summed E-state index contributed by atoms with van der Waals surface area (Å²) >= 11 is 0. The van der Waals surface area contributed by atoms with Crippen molar-refractivity contribution in [3.05, 3.63) is 29.6 Å². The molecule has 0 spiro atoms. The fourth-order valence-corrected chi connectivity index (χ4v) is 1.81. The second-order valence-corrected chi connectivity index (χ2v) is 4.33. The first-order valence-corrected chi connectivity index (χ1v) is 6.23. The van der Waals surface area contributed by atoms with Gasteiger partial charge in [0.25, 0.3) is 0 Å². The van der Waals surface area contributed by atoms with Crippen LogP contribution in [-0.2, 0) is 0 Å². The highest BCUT2D eigenvalue weighted by molar-refractivity contribution is 5.30. The molecule has 1 atom stereocenters. The first kappa shape index (κ1) is 14.0. The maximum absolute atomic E-state index is 13.8. The number of ether oxygens (including phenoxy) is 1. The molecule has 1 N–H and O–H groups in total. The van der Waals surface area contributed by atoms with Gasteiger partial charge in [0.05, 0.1) is 7.11 Å². The van der Waals surface area contributed by atoms with Gasteiger partial charge >= 0.3 is 0 Å². The minimum atomic E-state index is -0.174. The van der Waals surface area contributed by atoms with Crippen LogP contribution < -0.4 is 10.1 Å². The molecule has 0 saturated carbocycles. The third kappa shape index (κ3) is 4.35. The Balaban J connectivity index is 2.53. The van der Waals surface area contributed by atoms with E-state index in [9.17, 15) is 4.39 Å². The maximum atomic E-state index is 13.8. The second kappa shape index (κ2) is 7.28.